The summed E-state index contributed by atoms with van der Waals surface area (Å²) in [5, 5.41) is 11.0. The van der Waals surface area contributed by atoms with Gasteiger partial charge in [-0.3, -0.25) is 9.59 Å². The van der Waals surface area contributed by atoms with Crippen LogP contribution in [0.2, 0.25) is 0 Å². The van der Waals surface area contributed by atoms with E-state index in [1.54, 1.807) is 23.1 Å². The number of likely N-dealkylation sites (tertiary alicyclic amines) is 1. The van der Waals surface area contributed by atoms with Gasteiger partial charge in [0, 0.05) is 12.1 Å². The van der Waals surface area contributed by atoms with Gasteiger partial charge in [-0.25, -0.2) is 0 Å². The number of benzene rings is 1. The number of carboxylic acids is 1. The lowest BCUT2D eigenvalue weighted by Gasteiger charge is -2.25. The molecule has 1 amide bonds. The summed E-state index contributed by atoms with van der Waals surface area (Å²) in [5.74, 6) is -1.31. The summed E-state index contributed by atoms with van der Waals surface area (Å²) >= 11 is 0. The molecule has 9 heteroatoms. The summed E-state index contributed by atoms with van der Waals surface area (Å²) in [4.78, 5) is 24.5. The van der Waals surface area contributed by atoms with Gasteiger partial charge >= 0.3 is 5.97 Å². The number of amidine groups is 1. The van der Waals surface area contributed by atoms with Crippen molar-refractivity contribution in [1.29, 1.82) is 0 Å². The SMILES string of the molecule is O=C(O)CNC(=O)[C@@H]1CCCN1C1=NS(=O)(=O)c2ccccc21. The molecule has 2 aliphatic rings. The van der Waals surface area contributed by atoms with Crippen molar-refractivity contribution < 1.29 is 23.1 Å². The number of nitrogens with zero attached hydrogens (tertiary/aromatic N) is 2. The Morgan fingerprint density at radius 1 is 1.35 bits per heavy atom. The lowest BCUT2D eigenvalue weighted by molar-refractivity contribution is -0.138. The molecule has 0 unspecified atom stereocenters. The Kier molecular flexibility index (Phi) is 3.80. The van der Waals surface area contributed by atoms with Gasteiger partial charge in [0.15, 0.2) is 5.84 Å². The Bertz CT molecular complexity index is 802. The van der Waals surface area contributed by atoms with E-state index in [0.717, 1.165) is 0 Å². The zero-order valence-electron chi connectivity index (χ0n) is 12.1. The molecule has 2 aliphatic heterocycles. The van der Waals surface area contributed by atoms with Crippen LogP contribution in [0.1, 0.15) is 18.4 Å². The molecule has 122 valence electrons. The molecule has 0 aromatic heterocycles. The van der Waals surface area contributed by atoms with Crippen LogP contribution in [0.3, 0.4) is 0 Å². The summed E-state index contributed by atoms with van der Waals surface area (Å²) in [5.41, 5.74) is 0.477. The van der Waals surface area contributed by atoms with E-state index in [1.165, 1.54) is 6.07 Å². The van der Waals surface area contributed by atoms with Gasteiger partial charge in [0.25, 0.3) is 10.0 Å². The van der Waals surface area contributed by atoms with Crippen molar-refractivity contribution in [2.24, 2.45) is 4.40 Å². The third-order valence-corrected chi connectivity index (χ3v) is 5.18. The quantitative estimate of drug-likeness (QED) is 0.789. The first-order valence-corrected chi connectivity index (χ1v) is 8.54. The number of rotatable bonds is 3. The topological polar surface area (TPSA) is 116 Å². The first kappa shape index (κ1) is 15.5. The Hall–Kier alpha value is -2.42. The molecule has 23 heavy (non-hydrogen) atoms. The molecule has 1 atom stereocenters. The first-order valence-electron chi connectivity index (χ1n) is 7.10. The van der Waals surface area contributed by atoms with Crippen LogP contribution in [0, 0.1) is 0 Å². The van der Waals surface area contributed by atoms with Crippen molar-refractivity contribution in [1.82, 2.24) is 10.2 Å². The van der Waals surface area contributed by atoms with E-state index < -0.39 is 34.5 Å². The fraction of sp³-hybridized carbons (Fsp3) is 0.357. The molecular weight excluding hydrogens is 322 g/mol. The number of nitrogens with one attached hydrogen (secondary N) is 1. The highest BCUT2D eigenvalue weighted by molar-refractivity contribution is 7.90. The molecule has 1 fully saturated rings. The highest BCUT2D eigenvalue weighted by Gasteiger charge is 2.39. The molecule has 0 aliphatic carbocycles. The minimum atomic E-state index is -3.75. The monoisotopic (exact) mass is 337 g/mol. The maximum atomic E-state index is 12.2. The molecule has 1 aromatic carbocycles. The largest absolute Gasteiger partial charge is 0.480 e. The van der Waals surface area contributed by atoms with Crippen molar-refractivity contribution in [3.63, 3.8) is 0 Å². The van der Waals surface area contributed by atoms with E-state index in [-0.39, 0.29) is 10.7 Å². The van der Waals surface area contributed by atoms with Gasteiger partial charge < -0.3 is 15.3 Å². The van der Waals surface area contributed by atoms with Gasteiger partial charge in [-0.05, 0) is 25.0 Å². The molecule has 3 rings (SSSR count). The molecule has 1 saturated heterocycles. The van der Waals surface area contributed by atoms with Gasteiger partial charge in [0.1, 0.15) is 17.5 Å². The second kappa shape index (κ2) is 5.65. The second-order valence-corrected chi connectivity index (χ2v) is 6.92. The summed E-state index contributed by atoms with van der Waals surface area (Å²) in [6.07, 6.45) is 1.22. The van der Waals surface area contributed by atoms with Gasteiger partial charge in [0.05, 0.1) is 0 Å². The number of hydrogen-bond acceptors (Lipinski definition) is 5. The maximum absolute atomic E-state index is 12.2. The van der Waals surface area contributed by atoms with E-state index in [9.17, 15) is 18.0 Å². The van der Waals surface area contributed by atoms with Gasteiger partial charge in [0.2, 0.25) is 5.91 Å². The molecule has 8 nitrogen and oxygen atoms in total. The standard InChI is InChI=1S/C14H15N3O5S/c18-12(19)8-15-14(20)10-5-3-7-17(10)13-9-4-1-2-6-11(9)23(21,22)16-13/h1-2,4,6,10H,3,5,7-8H2,(H,15,20)(H,18,19)/t10-/m0/s1. The Labute approximate surface area is 132 Å². The number of sulfonamides is 1. The smallest absolute Gasteiger partial charge is 0.322 e. The van der Waals surface area contributed by atoms with Crippen LogP contribution < -0.4 is 5.32 Å². The Balaban J connectivity index is 1.89. The van der Waals surface area contributed by atoms with Crippen molar-refractivity contribution in [2.45, 2.75) is 23.8 Å². The predicted molar refractivity (Wildman–Crippen MR) is 80.5 cm³/mol. The van der Waals surface area contributed by atoms with E-state index in [2.05, 4.69) is 9.71 Å². The minimum absolute atomic E-state index is 0.131. The summed E-state index contributed by atoms with van der Waals surface area (Å²) in [7, 11) is -3.75. The van der Waals surface area contributed by atoms with E-state index in [1.807, 2.05) is 0 Å². The van der Waals surface area contributed by atoms with Crippen LogP contribution in [0.25, 0.3) is 0 Å². The molecule has 0 saturated carbocycles. The van der Waals surface area contributed by atoms with Crippen molar-refractivity contribution in [3.05, 3.63) is 29.8 Å². The molecular formula is C14H15N3O5S. The number of carbonyl (C=O) groups is 2. The molecule has 2 heterocycles. The fourth-order valence-electron chi connectivity index (χ4n) is 2.87. The molecule has 0 radical (unpaired) electrons. The van der Waals surface area contributed by atoms with E-state index in [4.69, 9.17) is 5.11 Å². The summed E-state index contributed by atoms with van der Waals surface area (Å²) in [6, 6.07) is 5.86. The van der Waals surface area contributed by atoms with Crippen molar-refractivity contribution in [2.75, 3.05) is 13.1 Å². The molecule has 2 N–H and O–H groups in total. The van der Waals surface area contributed by atoms with E-state index in [0.29, 0.717) is 24.9 Å². The fourth-order valence-corrected chi connectivity index (χ4v) is 4.09. The Morgan fingerprint density at radius 3 is 2.83 bits per heavy atom. The summed E-state index contributed by atoms with van der Waals surface area (Å²) < 4.78 is 28.1. The zero-order valence-corrected chi connectivity index (χ0v) is 12.9. The van der Waals surface area contributed by atoms with Crippen molar-refractivity contribution >= 4 is 27.7 Å². The number of carbonyl (C=O) groups excluding carboxylic acids is 1. The zero-order chi connectivity index (χ0) is 16.6. The van der Waals surface area contributed by atoms with E-state index >= 15 is 0 Å². The molecule has 1 aromatic rings. The van der Waals surface area contributed by atoms with Crippen LogP contribution in [0.4, 0.5) is 0 Å². The normalized spacial score (nSPS) is 21.7. The third-order valence-electron chi connectivity index (χ3n) is 3.85. The second-order valence-electron chi connectivity index (χ2n) is 5.35. The third kappa shape index (κ3) is 2.79. The number of hydrogen-bond donors (Lipinski definition) is 2. The number of carboxylic acid groups (broad SMARTS) is 1. The summed E-state index contributed by atoms with van der Waals surface area (Å²) in [6.45, 7) is 0.0262. The molecule has 0 bridgehead atoms. The Morgan fingerprint density at radius 2 is 2.09 bits per heavy atom. The van der Waals surface area contributed by atoms with Gasteiger partial charge in [-0.1, -0.05) is 12.1 Å². The minimum Gasteiger partial charge on any atom is -0.480 e. The van der Waals surface area contributed by atoms with Crippen LogP contribution >= 0.6 is 0 Å². The number of amides is 1. The van der Waals surface area contributed by atoms with Crippen LogP contribution in [-0.4, -0.2) is 55.3 Å². The highest BCUT2D eigenvalue weighted by atomic mass is 32.2. The van der Waals surface area contributed by atoms with Gasteiger partial charge in [-0.2, -0.15) is 8.42 Å². The maximum Gasteiger partial charge on any atom is 0.322 e. The average Bonchev–Trinajstić information content (AvgIpc) is 3.08. The van der Waals surface area contributed by atoms with Crippen LogP contribution in [-0.2, 0) is 19.6 Å². The lowest BCUT2D eigenvalue weighted by atomic mass is 10.1. The highest BCUT2D eigenvalue weighted by Crippen LogP contribution is 2.31. The first-order chi connectivity index (χ1) is 10.9. The van der Waals surface area contributed by atoms with Crippen LogP contribution in [0.15, 0.2) is 33.6 Å². The van der Waals surface area contributed by atoms with Crippen molar-refractivity contribution in [3.8, 4) is 0 Å². The lowest BCUT2D eigenvalue weighted by Crippen LogP contribution is -2.47. The molecule has 0 spiro atoms. The predicted octanol–water partition coefficient (Wildman–Crippen LogP) is -0.199. The number of fused-ring (bicyclic) bond motifs is 1. The van der Waals surface area contributed by atoms with Crippen LogP contribution in [0.5, 0.6) is 0 Å². The van der Waals surface area contributed by atoms with Gasteiger partial charge in [-0.15, -0.1) is 4.40 Å². The number of aliphatic carboxylic acids is 1. The average molecular weight is 337 g/mol.